The molecule has 3 aromatic rings. The highest BCUT2D eigenvalue weighted by atomic mass is 35.5. The van der Waals surface area contributed by atoms with Crippen LogP contribution in [-0.2, 0) is 7.05 Å². The Morgan fingerprint density at radius 3 is 2.93 bits per heavy atom. The minimum absolute atomic E-state index is 0.773. The number of H-pyrrole nitrogens is 1. The number of rotatable bonds is 0. The normalized spacial score (nSPS) is 11.3. The molecule has 0 aliphatic rings. The van der Waals surface area contributed by atoms with Gasteiger partial charge >= 0.3 is 0 Å². The lowest BCUT2D eigenvalue weighted by atomic mass is 10.2. The molecule has 1 aromatic carbocycles. The van der Waals surface area contributed by atoms with Gasteiger partial charge in [0.05, 0.1) is 18.6 Å². The first-order valence-corrected chi connectivity index (χ1v) is 5.19. The molecule has 0 saturated heterocycles. The van der Waals surface area contributed by atoms with Crippen LogP contribution in [0.15, 0.2) is 36.5 Å². The molecule has 0 aliphatic carbocycles. The van der Waals surface area contributed by atoms with Gasteiger partial charge in [0.15, 0.2) is 0 Å². The Balaban J connectivity index is 2.58. The molecule has 0 radical (unpaired) electrons. The van der Waals surface area contributed by atoms with Crippen LogP contribution in [0, 0.1) is 0 Å². The SMILES string of the molecule is C[n+]1cccc2c3cc(Cl)ccc3[nH]c21. The van der Waals surface area contributed by atoms with E-state index in [2.05, 4.69) is 15.6 Å². The van der Waals surface area contributed by atoms with Crippen LogP contribution in [-0.4, -0.2) is 4.98 Å². The van der Waals surface area contributed by atoms with Gasteiger partial charge in [-0.1, -0.05) is 11.6 Å². The molecule has 15 heavy (non-hydrogen) atoms. The second-order valence-corrected chi connectivity index (χ2v) is 4.13. The molecule has 0 fully saturated rings. The lowest BCUT2D eigenvalue weighted by molar-refractivity contribution is -0.646. The van der Waals surface area contributed by atoms with E-state index in [1.165, 1.54) is 10.8 Å². The number of nitrogens with one attached hydrogen (secondary N) is 1. The molecule has 3 rings (SSSR count). The maximum absolute atomic E-state index is 6.00. The number of hydrogen-bond donors (Lipinski definition) is 1. The van der Waals surface area contributed by atoms with Crippen LogP contribution < -0.4 is 4.57 Å². The monoisotopic (exact) mass is 217 g/mol. The molecule has 0 spiro atoms. The highest BCUT2D eigenvalue weighted by molar-refractivity contribution is 6.31. The third-order valence-corrected chi connectivity index (χ3v) is 2.94. The van der Waals surface area contributed by atoms with E-state index in [0.717, 1.165) is 16.2 Å². The van der Waals surface area contributed by atoms with E-state index in [9.17, 15) is 0 Å². The zero-order chi connectivity index (χ0) is 10.4. The molecule has 1 N–H and O–H groups in total. The van der Waals surface area contributed by atoms with Crippen molar-refractivity contribution in [2.45, 2.75) is 0 Å². The number of fused-ring (bicyclic) bond motifs is 3. The second-order valence-electron chi connectivity index (χ2n) is 3.70. The predicted molar refractivity (Wildman–Crippen MR) is 62.0 cm³/mol. The molecule has 0 atom stereocenters. The quantitative estimate of drug-likeness (QED) is 0.559. The molecular formula is C12H10ClN2+. The van der Waals surface area contributed by atoms with Crippen molar-refractivity contribution in [2.75, 3.05) is 0 Å². The summed E-state index contributed by atoms with van der Waals surface area (Å²) >= 11 is 6.00. The number of hydrogen-bond acceptors (Lipinski definition) is 0. The van der Waals surface area contributed by atoms with E-state index in [1.807, 2.05) is 37.5 Å². The number of benzene rings is 1. The van der Waals surface area contributed by atoms with Crippen molar-refractivity contribution in [2.24, 2.45) is 7.05 Å². The maximum Gasteiger partial charge on any atom is 0.287 e. The molecule has 0 unspecified atom stereocenters. The zero-order valence-corrected chi connectivity index (χ0v) is 9.05. The standard InChI is InChI=1S/C12H9ClN2/c1-15-6-2-3-9-10-7-8(13)4-5-11(10)14-12(9)15/h2-7H,1H3/p+1. The van der Waals surface area contributed by atoms with Gasteiger partial charge in [0.25, 0.3) is 5.65 Å². The van der Waals surface area contributed by atoms with Crippen molar-refractivity contribution in [3.05, 3.63) is 41.6 Å². The fourth-order valence-corrected chi connectivity index (χ4v) is 2.13. The summed E-state index contributed by atoms with van der Waals surface area (Å²) in [4.78, 5) is 3.38. The van der Waals surface area contributed by atoms with Gasteiger partial charge in [-0.25, -0.2) is 9.55 Å². The Morgan fingerprint density at radius 1 is 1.20 bits per heavy atom. The van der Waals surface area contributed by atoms with E-state index in [0.29, 0.717) is 0 Å². The van der Waals surface area contributed by atoms with Crippen LogP contribution in [0.3, 0.4) is 0 Å². The Morgan fingerprint density at radius 2 is 2.07 bits per heavy atom. The minimum Gasteiger partial charge on any atom is -0.240 e. The fraction of sp³-hybridized carbons (Fsp3) is 0.0833. The van der Waals surface area contributed by atoms with Gasteiger partial charge in [-0.2, -0.15) is 0 Å². The average molecular weight is 218 g/mol. The molecule has 3 heteroatoms. The van der Waals surface area contributed by atoms with Crippen molar-refractivity contribution in [3.63, 3.8) is 0 Å². The summed E-state index contributed by atoms with van der Waals surface area (Å²) in [5.74, 6) is 0. The van der Waals surface area contributed by atoms with Crippen molar-refractivity contribution in [1.82, 2.24) is 4.98 Å². The first-order valence-electron chi connectivity index (χ1n) is 4.81. The predicted octanol–water partition coefficient (Wildman–Crippen LogP) is 2.80. The first-order chi connectivity index (χ1) is 7.25. The summed E-state index contributed by atoms with van der Waals surface area (Å²) in [6.45, 7) is 0. The van der Waals surface area contributed by atoms with Crippen LogP contribution in [0.4, 0.5) is 0 Å². The van der Waals surface area contributed by atoms with E-state index in [1.54, 1.807) is 0 Å². The summed E-state index contributed by atoms with van der Waals surface area (Å²) in [5, 5.41) is 3.15. The van der Waals surface area contributed by atoms with Crippen LogP contribution >= 0.6 is 11.6 Å². The highest BCUT2D eigenvalue weighted by Gasteiger charge is 2.11. The largest absolute Gasteiger partial charge is 0.287 e. The maximum atomic E-state index is 6.00. The summed E-state index contributed by atoms with van der Waals surface area (Å²) in [5.41, 5.74) is 2.24. The molecule has 0 amide bonds. The first kappa shape index (κ1) is 8.74. The van der Waals surface area contributed by atoms with Crippen molar-refractivity contribution in [3.8, 4) is 0 Å². The van der Waals surface area contributed by atoms with Crippen LogP contribution in [0.5, 0.6) is 0 Å². The number of nitrogens with zero attached hydrogens (tertiary/aromatic N) is 1. The molecule has 2 aromatic heterocycles. The Bertz CT molecular complexity index is 655. The van der Waals surface area contributed by atoms with E-state index < -0.39 is 0 Å². The molecule has 0 saturated carbocycles. The molecule has 0 aliphatic heterocycles. The summed E-state index contributed by atoms with van der Waals surface area (Å²) < 4.78 is 2.07. The van der Waals surface area contributed by atoms with Crippen LogP contribution in [0.25, 0.3) is 21.9 Å². The fourth-order valence-electron chi connectivity index (χ4n) is 1.96. The van der Waals surface area contributed by atoms with Crippen molar-refractivity contribution in [1.29, 1.82) is 0 Å². The number of aryl methyl sites for hydroxylation is 1. The van der Waals surface area contributed by atoms with Crippen LogP contribution in [0.2, 0.25) is 5.02 Å². The smallest absolute Gasteiger partial charge is 0.240 e. The van der Waals surface area contributed by atoms with Gasteiger partial charge < -0.3 is 0 Å². The van der Waals surface area contributed by atoms with Gasteiger partial charge in [0, 0.05) is 10.4 Å². The Kier molecular flexibility index (Phi) is 1.73. The molecule has 74 valence electrons. The number of pyridine rings is 1. The Hall–Kier alpha value is -1.54. The van der Waals surface area contributed by atoms with Crippen molar-refractivity contribution >= 4 is 33.5 Å². The van der Waals surface area contributed by atoms with Gasteiger partial charge in [-0.05, 0) is 30.3 Å². The van der Waals surface area contributed by atoms with E-state index in [4.69, 9.17) is 11.6 Å². The summed E-state index contributed by atoms with van der Waals surface area (Å²) in [6, 6.07) is 10.0. The molecular weight excluding hydrogens is 208 g/mol. The van der Waals surface area contributed by atoms with E-state index >= 15 is 0 Å². The van der Waals surface area contributed by atoms with E-state index in [-0.39, 0.29) is 0 Å². The third kappa shape index (κ3) is 1.22. The van der Waals surface area contributed by atoms with Gasteiger partial charge in [0.1, 0.15) is 5.52 Å². The highest BCUT2D eigenvalue weighted by Crippen LogP contribution is 2.25. The number of halogens is 1. The molecule has 2 heterocycles. The van der Waals surface area contributed by atoms with Gasteiger partial charge in [-0.15, -0.1) is 0 Å². The topological polar surface area (TPSA) is 19.7 Å². The number of aromatic amines is 1. The lowest BCUT2D eigenvalue weighted by Crippen LogP contribution is -2.27. The summed E-state index contributed by atoms with van der Waals surface area (Å²) in [7, 11) is 2.03. The minimum atomic E-state index is 0.773. The Labute approximate surface area is 92.1 Å². The van der Waals surface area contributed by atoms with Gasteiger partial charge in [-0.3, -0.25) is 0 Å². The van der Waals surface area contributed by atoms with Gasteiger partial charge in [0.2, 0.25) is 0 Å². The summed E-state index contributed by atoms with van der Waals surface area (Å²) in [6.07, 6.45) is 2.03. The van der Waals surface area contributed by atoms with Crippen molar-refractivity contribution < 1.29 is 4.57 Å². The molecule has 0 bridgehead atoms. The lowest BCUT2D eigenvalue weighted by Gasteiger charge is -1.90. The molecule has 2 nitrogen and oxygen atoms in total. The third-order valence-electron chi connectivity index (χ3n) is 2.71. The zero-order valence-electron chi connectivity index (χ0n) is 8.29. The number of aromatic nitrogens is 2. The second kappa shape index (κ2) is 2.97. The average Bonchev–Trinajstić information content (AvgIpc) is 2.58. The van der Waals surface area contributed by atoms with Crippen LogP contribution in [0.1, 0.15) is 0 Å².